The predicted molar refractivity (Wildman–Crippen MR) is 70.4 cm³/mol. The Morgan fingerprint density at radius 3 is 2.33 bits per heavy atom. The lowest BCUT2D eigenvalue weighted by Crippen LogP contribution is -2.23. The van der Waals surface area contributed by atoms with Crippen molar-refractivity contribution in [2.45, 2.75) is 45.1 Å². The van der Waals surface area contributed by atoms with E-state index < -0.39 is 10.1 Å². The van der Waals surface area contributed by atoms with Crippen LogP contribution in [0.25, 0.3) is 0 Å². The summed E-state index contributed by atoms with van der Waals surface area (Å²) >= 11 is 0. The Labute approximate surface area is 109 Å². The van der Waals surface area contributed by atoms with Gasteiger partial charge in [-0.1, -0.05) is 6.07 Å². The molecule has 0 bridgehead atoms. The molecule has 1 rings (SSSR count). The van der Waals surface area contributed by atoms with E-state index in [1.807, 2.05) is 27.7 Å². The maximum absolute atomic E-state index is 11.8. The molecule has 0 amide bonds. The topological polar surface area (TPSA) is 52.6 Å². The van der Waals surface area contributed by atoms with Crippen molar-refractivity contribution >= 4 is 10.1 Å². The summed E-state index contributed by atoms with van der Waals surface area (Å²) in [5, 5.41) is 0. The first-order valence-electron chi connectivity index (χ1n) is 5.85. The molecule has 0 fully saturated rings. The average Bonchev–Trinajstić information content (AvgIpc) is 2.19. The lowest BCUT2D eigenvalue weighted by Gasteiger charge is -2.23. The van der Waals surface area contributed by atoms with Crippen molar-refractivity contribution in [2.75, 3.05) is 6.61 Å². The third-order valence-corrected chi connectivity index (χ3v) is 3.51. The fraction of sp³-hybridized carbons (Fsp3) is 0.538. The zero-order valence-corrected chi connectivity index (χ0v) is 12.3. The lowest BCUT2D eigenvalue weighted by atomic mass is 10.1. The van der Waals surface area contributed by atoms with Crippen molar-refractivity contribution in [3.63, 3.8) is 0 Å². The highest BCUT2D eigenvalue weighted by Crippen LogP contribution is 2.26. The van der Waals surface area contributed by atoms with Gasteiger partial charge in [0.05, 0.1) is 11.5 Å². The molecule has 4 nitrogen and oxygen atoms in total. The van der Waals surface area contributed by atoms with Crippen molar-refractivity contribution in [1.29, 1.82) is 0 Å². The van der Waals surface area contributed by atoms with Crippen LogP contribution in [0.1, 0.15) is 33.3 Å². The van der Waals surface area contributed by atoms with Crippen molar-refractivity contribution in [3.8, 4) is 5.75 Å². The summed E-state index contributed by atoms with van der Waals surface area (Å²) in [6.07, 6.45) is 0. The van der Waals surface area contributed by atoms with E-state index in [4.69, 9.17) is 8.92 Å². The van der Waals surface area contributed by atoms with Gasteiger partial charge < -0.3 is 4.74 Å². The van der Waals surface area contributed by atoms with Gasteiger partial charge in [-0.05, 0) is 46.2 Å². The fourth-order valence-corrected chi connectivity index (χ4v) is 2.33. The Kier molecular flexibility index (Phi) is 4.40. The van der Waals surface area contributed by atoms with Gasteiger partial charge in [-0.25, -0.2) is 0 Å². The molecule has 0 atom stereocenters. The number of hydrogen-bond donors (Lipinski definition) is 0. The van der Waals surface area contributed by atoms with Crippen LogP contribution in [0, 0.1) is 6.92 Å². The van der Waals surface area contributed by atoms with E-state index in [1.165, 1.54) is 12.1 Å². The van der Waals surface area contributed by atoms with Crippen LogP contribution >= 0.6 is 0 Å². The van der Waals surface area contributed by atoms with E-state index >= 15 is 0 Å². The molecule has 0 spiro atoms. The second-order valence-corrected chi connectivity index (χ2v) is 6.62. The van der Waals surface area contributed by atoms with E-state index in [2.05, 4.69) is 0 Å². The quantitative estimate of drug-likeness (QED) is 0.791. The largest absolute Gasteiger partial charge is 0.488 e. The van der Waals surface area contributed by atoms with E-state index in [9.17, 15) is 8.42 Å². The number of hydrogen-bond acceptors (Lipinski definition) is 4. The van der Waals surface area contributed by atoms with E-state index in [1.54, 1.807) is 13.0 Å². The van der Waals surface area contributed by atoms with Gasteiger partial charge in [-0.3, -0.25) is 4.18 Å². The molecule has 0 saturated heterocycles. The summed E-state index contributed by atoms with van der Waals surface area (Å²) in [7, 11) is -3.69. The highest BCUT2D eigenvalue weighted by molar-refractivity contribution is 7.86. The molecule has 0 unspecified atom stereocenters. The monoisotopic (exact) mass is 272 g/mol. The number of rotatable bonds is 4. The summed E-state index contributed by atoms with van der Waals surface area (Å²) in [4.78, 5) is 0.120. The van der Waals surface area contributed by atoms with Crippen molar-refractivity contribution in [3.05, 3.63) is 23.8 Å². The molecule has 18 heavy (non-hydrogen) atoms. The molecule has 0 saturated carbocycles. The molecule has 102 valence electrons. The molecular weight excluding hydrogens is 252 g/mol. The summed E-state index contributed by atoms with van der Waals surface area (Å²) in [6.45, 7) is 9.37. The molecule has 0 N–H and O–H groups in total. The second-order valence-electron chi connectivity index (χ2n) is 5.00. The molecule has 0 aromatic heterocycles. The Morgan fingerprint density at radius 2 is 1.83 bits per heavy atom. The van der Waals surface area contributed by atoms with E-state index in [0.29, 0.717) is 5.75 Å². The van der Waals surface area contributed by atoms with Crippen molar-refractivity contribution in [2.24, 2.45) is 0 Å². The first kappa shape index (κ1) is 15.0. The first-order chi connectivity index (χ1) is 8.15. The SMILES string of the molecule is CCOS(=O)(=O)c1ccc(C)c(OC(C)(C)C)c1. The number of benzene rings is 1. The second kappa shape index (κ2) is 5.28. The normalized spacial score (nSPS) is 12.5. The van der Waals surface area contributed by atoms with Crippen LogP contribution in [0.15, 0.2) is 23.1 Å². The molecule has 1 aromatic rings. The van der Waals surface area contributed by atoms with Gasteiger partial charge in [0.2, 0.25) is 0 Å². The smallest absolute Gasteiger partial charge is 0.297 e. The van der Waals surface area contributed by atoms with Crippen LogP contribution < -0.4 is 4.74 Å². The summed E-state index contributed by atoms with van der Waals surface area (Å²) < 4.78 is 34.1. The zero-order chi connectivity index (χ0) is 14.0. The van der Waals surface area contributed by atoms with Crippen LogP contribution in [0.5, 0.6) is 5.75 Å². The molecule has 0 heterocycles. The molecule has 0 radical (unpaired) electrons. The third-order valence-electron chi connectivity index (χ3n) is 2.14. The molecular formula is C13H20O4S. The fourth-order valence-electron chi connectivity index (χ4n) is 1.40. The number of aryl methyl sites for hydroxylation is 1. The maximum Gasteiger partial charge on any atom is 0.297 e. The molecule has 5 heteroatoms. The van der Waals surface area contributed by atoms with Crippen LogP contribution in [0.2, 0.25) is 0 Å². The summed E-state index contributed by atoms with van der Waals surface area (Å²) in [5.74, 6) is 0.559. The zero-order valence-electron chi connectivity index (χ0n) is 11.5. The van der Waals surface area contributed by atoms with Crippen LogP contribution in [0.4, 0.5) is 0 Å². The molecule has 0 aliphatic carbocycles. The predicted octanol–water partition coefficient (Wildman–Crippen LogP) is 2.90. The van der Waals surface area contributed by atoms with Gasteiger partial charge in [-0.2, -0.15) is 8.42 Å². The van der Waals surface area contributed by atoms with Gasteiger partial charge in [0.25, 0.3) is 10.1 Å². The van der Waals surface area contributed by atoms with Gasteiger partial charge in [-0.15, -0.1) is 0 Å². The number of ether oxygens (including phenoxy) is 1. The minimum atomic E-state index is -3.69. The highest BCUT2D eigenvalue weighted by Gasteiger charge is 2.19. The molecule has 0 aliphatic heterocycles. The minimum absolute atomic E-state index is 0.117. The van der Waals surface area contributed by atoms with E-state index in [-0.39, 0.29) is 17.1 Å². The maximum atomic E-state index is 11.8. The van der Waals surface area contributed by atoms with E-state index in [0.717, 1.165) is 5.56 Å². The Morgan fingerprint density at radius 1 is 1.22 bits per heavy atom. The summed E-state index contributed by atoms with van der Waals surface area (Å²) in [5.41, 5.74) is 0.513. The molecule has 1 aromatic carbocycles. The lowest BCUT2D eigenvalue weighted by molar-refractivity contribution is 0.129. The van der Waals surface area contributed by atoms with Crippen molar-refractivity contribution < 1.29 is 17.3 Å². The van der Waals surface area contributed by atoms with Crippen molar-refractivity contribution in [1.82, 2.24) is 0 Å². The summed E-state index contributed by atoms with van der Waals surface area (Å²) in [6, 6.07) is 4.74. The van der Waals surface area contributed by atoms with Crippen LogP contribution in [0.3, 0.4) is 0 Å². The first-order valence-corrected chi connectivity index (χ1v) is 7.25. The Balaban J connectivity index is 3.16. The standard InChI is InChI=1S/C13H20O4S/c1-6-16-18(14,15)11-8-7-10(2)12(9-11)17-13(3,4)5/h7-9H,6H2,1-5H3. The van der Waals surface area contributed by atoms with Gasteiger partial charge >= 0.3 is 0 Å². The van der Waals surface area contributed by atoms with Gasteiger partial charge in [0.15, 0.2) is 0 Å². The minimum Gasteiger partial charge on any atom is -0.488 e. The van der Waals surface area contributed by atoms with Crippen LogP contribution in [-0.4, -0.2) is 20.6 Å². The average molecular weight is 272 g/mol. The van der Waals surface area contributed by atoms with Gasteiger partial charge in [0.1, 0.15) is 11.4 Å². The Bertz CT molecular complexity index is 512. The highest BCUT2D eigenvalue weighted by atomic mass is 32.2. The Hall–Kier alpha value is -1.07. The van der Waals surface area contributed by atoms with Gasteiger partial charge in [0, 0.05) is 6.07 Å². The third kappa shape index (κ3) is 3.99. The molecule has 0 aliphatic rings. The van der Waals surface area contributed by atoms with Crippen LogP contribution in [-0.2, 0) is 14.3 Å².